The number of Topliss-reactive ketones (excluding diaryl/α,β-unsaturated/α-hetero) is 1. The van der Waals surface area contributed by atoms with Crippen LogP contribution >= 0.6 is 0 Å². The van der Waals surface area contributed by atoms with Gasteiger partial charge in [-0.1, -0.05) is 25.5 Å². The van der Waals surface area contributed by atoms with Gasteiger partial charge in [0.1, 0.15) is 22.8 Å². The van der Waals surface area contributed by atoms with E-state index in [1.165, 1.54) is 24.0 Å². The van der Waals surface area contributed by atoms with Crippen LogP contribution in [0.5, 0.6) is 17.2 Å². The monoisotopic (exact) mass is 570 g/mol. The molecule has 1 aliphatic heterocycles. The fourth-order valence-electron chi connectivity index (χ4n) is 5.96. The van der Waals surface area contributed by atoms with E-state index in [4.69, 9.17) is 14.2 Å². The summed E-state index contributed by atoms with van der Waals surface area (Å²) in [5.74, 6) is 2.09. The van der Waals surface area contributed by atoms with Gasteiger partial charge in [0.25, 0.3) is 0 Å². The molecule has 2 aromatic rings. The Morgan fingerprint density at radius 3 is 2.29 bits per heavy atom. The van der Waals surface area contributed by atoms with Gasteiger partial charge in [-0.15, -0.1) is 0 Å². The molecule has 2 atom stereocenters. The van der Waals surface area contributed by atoms with Crippen molar-refractivity contribution in [2.45, 2.75) is 102 Å². The van der Waals surface area contributed by atoms with Crippen LogP contribution in [-0.4, -0.2) is 70.4 Å². The van der Waals surface area contributed by atoms with E-state index in [-0.39, 0.29) is 38.3 Å². The van der Waals surface area contributed by atoms with Crippen molar-refractivity contribution in [2.75, 3.05) is 26.4 Å². The molecule has 226 valence electrons. The van der Waals surface area contributed by atoms with Gasteiger partial charge in [0.05, 0.1) is 50.6 Å². The van der Waals surface area contributed by atoms with E-state index < -0.39 is 17.8 Å². The van der Waals surface area contributed by atoms with Gasteiger partial charge in [0.15, 0.2) is 5.78 Å². The topological polar surface area (TPSA) is 126 Å². The van der Waals surface area contributed by atoms with Crippen molar-refractivity contribution < 1.29 is 39.4 Å². The van der Waals surface area contributed by atoms with Crippen LogP contribution in [0.4, 0.5) is 0 Å². The summed E-state index contributed by atoms with van der Waals surface area (Å²) in [6, 6.07) is 9.91. The van der Waals surface area contributed by atoms with Gasteiger partial charge in [-0.3, -0.25) is 4.79 Å². The van der Waals surface area contributed by atoms with E-state index in [0.29, 0.717) is 56.0 Å². The number of fused-ring (bicyclic) bond motifs is 2. The van der Waals surface area contributed by atoms with Gasteiger partial charge in [-0.05, 0) is 87.1 Å². The molecular formula is C33H46O8. The Labute approximate surface area is 243 Å². The number of ether oxygens (including phenoxy) is 3. The maximum absolute atomic E-state index is 13.4. The van der Waals surface area contributed by atoms with Crippen molar-refractivity contribution in [1.82, 2.24) is 0 Å². The van der Waals surface area contributed by atoms with E-state index in [1.807, 2.05) is 12.1 Å². The first kappa shape index (κ1) is 31.3. The summed E-state index contributed by atoms with van der Waals surface area (Å²) in [6.07, 6.45) is 6.20. The van der Waals surface area contributed by atoms with Crippen LogP contribution in [-0.2, 0) is 19.3 Å². The van der Waals surface area contributed by atoms with E-state index in [9.17, 15) is 25.2 Å². The lowest BCUT2D eigenvalue weighted by Crippen LogP contribution is -2.44. The lowest BCUT2D eigenvalue weighted by atomic mass is 9.81. The first-order valence-corrected chi connectivity index (χ1v) is 15.2. The van der Waals surface area contributed by atoms with Gasteiger partial charge in [-0.25, -0.2) is 0 Å². The highest BCUT2D eigenvalue weighted by Crippen LogP contribution is 2.44. The second kappa shape index (κ2) is 15.0. The lowest BCUT2D eigenvalue weighted by Gasteiger charge is -2.40. The summed E-state index contributed by atoms with van der Waals surface area (Å²) in [6.45, 7) is 2.30. The van der Waals surface area contributed by atoms with E-state index in [1.54, 1.807) is 6.07 Å². The van der Waals surface area contributed by atoms with E-state index in [0.717, 1.165) is 30.6 Å². The van der Waals surface area contributed by atoms with Crippen LogP contribution in [0, 0.1) is 0 Å². The Morgan fingerprint density at radius 2 is 1.61 bits per heavy atom. The minimum atomic E-state index is -0.958. The molecule has 2 aromatic carbocycles. The van der Waals surface area contributed by atoms with Gasteiger partial charge in [-0.2, -0.15) is 0 Å². The molecule has 4 N–H and O–H groups in total. The summed E-state index contributed by atoms with van der Waals surface area (Å²) >= 11 is 0. The molecule has 0 spiro atoms. The normalized spacial score (nSPS) is 19.6. The highest BCUT2D eigenvalue weighted by Gasteiger charge is 2.42. The van der Waals surface area contributed by atoms with Crippen LogP contribution < -0.4 is 14.2 Å². The summed E-state index contributed by atoms with van der Waals surface area (Å²) in [7, 11) is 0. The third kappa shape index (κ3) is 8.01. The molecule has 0 bridgehead atoms. The maximum Gasteiger partial charge on any atom is 0.170 e. The standard InChI is InChI=1S/C33H46O8/c1-2-7-28-31(40-19-6-18-39-30-11-5-9-23-8-3-4-10-26(23)30)13-12-27-29(38)20-33(41-32(27)28,16-14-24(36)21-34)17-15-25(37)22-35/h5,9,11-13,24-25,34-37H,2-4,6-8,10,14-22H2,1H3. The molecule has 4 rings (SSSR count). The van der Waals surface area contributed by atoms with Crippen LogP contribution in [0.3, 0.4) is 0 Å². The van der Waals surface area contributed by atoms with Gasteiger partial charge < -0.3 is 34.6 Å². The van der Waals surface area contributed by atoms with Crippen molar-refractivity contribution in [1.29, 1.82) is 0 Å². The number of hydrogen-bond donors (Lipinski definition) is 4. The summed E-state index contributed by atoms with van der Waals surface area (Å²) in [4.78, 5) is 13.4. The average molecular weight is 571 g/mol. The third-order valence-corrected chi connectivity index (χ3v) is 8.26. The zero-order valence-electron chi connectivity index (χ0n) is 24.3. The van der Waals surface area contributed by atoms with Crippen LogP contribution in [0.1, 0.15) is 91.8 Å². The molecule has 1 heterocycles. The molecule has 0 fully saturated rings. The lowest BCUT2D eigenvalue weighted by molar-refractivity contribution is -0.00649. The van der Waals surface area contributed by atoms with Crippen molar-refractivity contribution >= 4 is 5.78 Å². The first-order valence-electron chi connectivity index (χ1n) is 15.2. The highest BCUT2D eigenvalue weighted by molar-refractivity contribution is 6.01. The van der Waals surface area contributed by atoms with Crippen LogP contribution in [0.2, 0.25) is 0 Å². The molecule has 1 aliphatic carbocycles. The number of carbonyl (C=O) groups excluding carboxylic acids is 1. The Hall–Kier alpha value is -2.65. The smallest absolute Gasteiger partial charge is 0.170 e. The van der Waals surface area contributed by atoms with Crippen molar-refractivity contribution in [3.63, 3.8) is 0 Å². The Balaban J connectivity index is 1.46. The van der Waals surface area contributed by atoms with Gasteiger partial charge in [0, 0.05) is 12.0 Å². The number of ketones is 1. The fourth-order valence-corrected chi connectivity index (χ4v) is 5.96. The number of aliphatic hydroxyl groups excluding tert-OH is 4. The van der Waals surface area contributed by atoms with E-state index in [2.05, 4.69) is 19.1 Å². The molecule has 0 amide bonds. The largest absolute Gasteiger partial charge is 0.493 e. The number of benzene rings is 2. The van der Waals surface area contributed by atoms with Crippen LogP contribution in [0.25, 0.3) is 0 Å². The fraction of sp³-hybridized carbons (Fsp3) is 0.606. The molecular weight excluding hydrogens is 524 g/mol. The Kier molecular flexibility index (Phi) is 11.5. The first-order chi connectivity index (χ1) is 19.9. The third-order valence-electron chi connectivity index (χ3n) is 8.26. The predicted octanol–water partition coefficient (Wildman–Crippen LogP) is 4.34. The number of aliphatic hydroxyl groups is 4. The van der Waals surface area contributed by atoms with Gasteiger partial charge >= 0.3 is 0 Å². The van der Waals surface area contributed by atoms with Crippen molar-refractivity contribution in [3.8, 4) is 17.2 Å². The molecule has 8 nitrogen and oxygen atoms in total. The van der Waals surface area contributed by atoms with Gasteiger partial charge in [0.2, 0.25) is 0 Å². The zero-order valence-corrected chi connectivity index (χ0v) is 24.3. The van der Waals surface area contributed by atoms with Crippen molar-refractivity contribution in [3.05, 3.63) is 52.6 Å². The molecule has 2 unspecified atom stereocenters. The summed E-state index contributed by atoms with van der Waals surface area (Å²) in [5, 5.41) is 38.8. The molecule has 2 aliphatic rings. The molecule has 0 saturated heterocycles. The molecule has 41 heavy (non-hydrogen) atoms. The number of rotatable bonds is 16. The number of hydrogen-bond acceptors (Lipinski definition) is 8. The Bertz CT molecular complexity index is 1130. The summed E-state index contributed by atoms with van der Waals surface area (Å²) in [5.41, 5.74) is 3.12. The summed E-state index contributed by atoms with van der Waals surface area (Å²) < 4.78 is 19.0. The SMILES string of the molecule is CCCc1c(OCCCOc2cccc3c2CCCC3)ccc2c1OC(CCC(O)CO)(CCC(O)CO)CC2=O. The zero-order chi connectivity index (χ0) is 29.2. The minimum absolute atomic E-state index is 0.0632. The van der Waals surface area contributed by atoms with Crippen molar-refractivity contribution in [2.24, 2.45) is 0 Å². The molecule has 0 aromatic heterocycles. The molecule has 0 saturated carbocycles. The minimum Gasteiger partial charge on any atom is -0.493 e. The quantitative estimate of drug-likeness (QED) is 0.220. The Morgan fingerprint density at radius 1 is 0.927 bits per heavy atom. The highest BCUT2D eigenvalue weighted by atomic mass is 16.5. The number of aryl methyl sites for hydroxylation is 1. The van der Waals surface area contributed by atoms with Crippen LogP contribution in [0.15, 0.2) is 30.3 Å². The second-order valence-electron chi connectivity index (χ2n) is 11.5. The molecule has 8 heteroatoms. The maximum atomic E-state index is 13.4. The van der Waals surface area contributed by atoms with E-state index >= 15 is 0 Å². The number of carbonyl (C=O) groups is 1. The second-order valence-corrected chi connectivity index (χ2v) is 11.5. The molecule has 0 radical (unpaired) electrons. The predicted molar refractivity (Wildman–Crippen MR) is 156 cm³/mol. The average Bonchev–Trinajstić information content (AvgIpc) is 2.99.